The van der Waals surface area contributed by atoms with E-state index >= 15 is 0 Å². The van der Waals surface area contributed by atoms with Crippen LogP contribution in [0.4, 0.5) is 0 Å². The van der Waals surface area contributed by atoms with Crippen LogP contribution in [0.15, 0.2) is 111 Å². The van der Waals surface area contributed by atoms with E-state index in [0.717, 1.165) is 39.5 Å². The zero-order valence-electron chi connectivity index (χ0n) is 27.5. The number of carbonyl (C=O) groups is 2. The van der Waals surface area contributed by atoms with Crippen LogP contribution < -0.4 is 18.9 Å². The van der Waals surface area contributed by atoms with Gasteiger partial charge in [-0.15, -0.1) is 0 Å². The van der Waals surface area contributed by atoms with Gasteiger partial charge in [-0.3, -0.25) is 0 Å². The first-order chi connectivity index (χ1) is 23.3. The van der Waals surface area contributed by atoms with Crippen LogP contribution in [0.2, 0.25) is 0 Å². The second-order valence-corrected chi connectivity index (χ2v) is 10.1. The van der Waals surface area contributed by atoms with E-state index in [9.17, 15) is 9.59 Å². The smallest absolute Gasteiger partial charge is 0.497 e. The minimum atomic E-state index is -0.902. The summed E-state index contributed by atoms with van der Waals surface area (Å²) in [5.41, 5.74) is 4.60. The maximum atomic E-state index is 12.1. The molecule has 6 rings (SSSR count). The molecule has 4 aromatic carbocycles. The quantitative estimate of drug-likeness (QED) is 0.0944. The van der Waals surface area contributed by atoms with Crippen molar-refractivity contribution in [2.45, 2.75) is 33.9 Å². The van der Waals surface area contributed by atoms with Gasteiger partial charge >= 0.3 is 13.4 Å². The van der Waals surface area contributed by atoms with Crippen molar-refractivity contribution in [1.29, 1.82) is 0 Å². The van der Waals surface area contributed by atoms with Crippen LogP contribution in [0.25, 0.3) is 12.2 Å². The lowest BCUT2D eigenvalue weighted by Crippen LogP contribution is -2.18. The molecule has 0 bridgehead atoms. The van der Waals surface area contributed by atoms with Crippen molar-refractivity contribution >= 4 is 24.1 Å². The number of aromatic carboxylic acids is 1. The number of fused-ring (bicyclic) bond motifs is 2. The summed E-state index contributed by atoms with van der Waals surface area (Å²) >= 11 is 0. The van der Waals surface area contributed by atoms with Crippen LogP contribution in [-0.4, -0.2) is 36.9 Å². The minimum absolute atomic E-state index is 0. The van der Waals surface area contributed by atoms with E-state index < -0.39 is 18.2 Å². The Morgan fingerprint density at radius 3 is 1.67 bits per heavy atom. The fraction of sp³-hybridized carbons (Fsp3) is 0.179. The standard InChI is InChI=1S/C19H18O5.C10H10O3.C9H8O2.CH4/c1-3-14-4-7-16(8-5-14)19(20)24-13(2)21-11-15-6-9-17-18(10-15)23-12-22-17;1-2-11-6-8-3-4-9-10(5-8)13-7-12-9;1-2-7-3-5-8(6-4-7)9(10)11;/h3-10,13H,1,11-12H2,2H3;2-5H,1,6-7H2;2-6H,1H2,(H,10,11);1H4/p+1. The van der Waals surface area contributed by atoms with E-state index in [0.29, 0.717) is 36.9 Å². The fourth-order valence-electron chi connectivity index (χ4n) is 4.20. The molecular formula is C39H41O10+. The lowest BCUT2D eigenvalue weighted by molar-refractivity contribution is -0.105. The number of carboxylic acid groups (broad SMARTS) is 1. The topological polar surface area (TPSA) is 119 Å². The third-order valence-electron chi connectivity index (χ3n) is 6.77. The molecule has 0 saturated carbocycles. The summed E-state index contributed by atoms with van der Waals surface area (Å²) in [7, 11) is 0. The molecule has 1 atom stereocenters. The first-order valence-corrected chi connectivity index (χ1v) is 14.8. The number of ether oxygens (including phenoxy) is 7. The molecule has 0 amide bonds. The Kier molecular flexibility index (Phi) is 14.5. The van der Waals surface area contributed by atoms with Crippen LogP contribution in [0.3, 0.4) is 0 Å². The predicted octanol–water partition coefficient (Wildman–Crippen LogP) is 8.63. The summed E-state index contributed by atoms with van der Waals surface area (Å²) in [6.07, 6.45) is 4.14. The number of carboxylic acids is 1. The van der Waals surface area contributed by atoms with Gasteiger partial charge < -0.3 is 38.3 Å². The van der Waals surface area contributed by atoms with Crippen LogP contribution in [-0.2, 0) is 27.4 Å². The van der Waals surface area contributed by atoms with Crippen molar-refractivity contribution in [1.82, 2.24) is 0 Å². The lowest BCUT2D eigenvalue weighted by atomic mass is 10.1. The van der Waals surface area contributed by atoms with Crippen molar-refractivity contribution in [2.24, 2.45) is 0 Å². The second kappa shape index (κ2) is 19.0. The van der Waals surface area contributed by atoms with Gasteiger partial charge in [-0.1, -0.05) is 75.7 Å². The molecule has 0 spiro atoms. The van der Waals surface area contributed by atoms with Gasteiger partial charge in [-0.05, 0) is 77.7 Å². The normalized spacial score (nSPS) is 11.9. The number of carbonyl (C=O) groups excluding carboxylic acids is 1. The summed E-state index contributed by atoms with van der Waals surface area (Å²) in [6, 6.07) is 24.9. The van der Waals surface area contributed by atoms with E-state index in [2.05, 4.69) is 19.7 Å². The second-order valence-electron chi connectivity index (χ2n) is 10.1. The Morgan fingerprint density at radius 2 is 1.20 bits per heavy atom. The van der Waals surface area contributed by atoms with E-state index in [1.54, 1.807) is 55.5 Å². The zero-order valence-corrected chi connectivity index (χ0v) is 26.5. The monoisotopic (exact) mass is 669 g/mol. The summed E-state index contributed by atoms with van der Waals surface area (Å²) < 4.78 is 36.9. The Balaban J connectivity index is 0.000000282. The summed E-state index contributed by atoms with van der Waals surface area (Å²) in [5.74, 6) is 1.67. The van der Waals surface area contributed by atoms with Crippen molar-refractivity contribution in [3.05, 3.63) is 144 Å². The molecule has 256 valence electrons. The third kappa shape index (κ3) is 11.3. The van der Waals surface area contributed by atoms with Gasteiger partial charge in [0.05, 0.1) is 24.0 Å². The van der Waals surface area contributed by atoms with Crippen molar-refractivity contribution < 1.29 is 49.3 Å². The van der Waals surface area contributed by atoms with Gasteiger partial charge in [0.2, 0.25) is 19.9 Å². The molecule has 0 radical (unpaired) electrons. The van der Waals surface area contributed by atoms with Gasteiger partial charge in [0.1, 0.15) is 6.61 Å². The number of benzene rings is 4. The average Bonchev–Trinajstić information content (AvgIpc) is 3.79. The summed E-state index contributed by atoms with van der Waals surface area (Å²) in [5, 5.41) is 8.52. The summed E-state index contributed by atoms with van der Waals surface area (Å²) in [6.45, 7) is 13.7. The maximum Gasteiger partial charge on any atom is 1.00 e. The Morgan fingerprint density at radius 1 is 0.735 bits per heavy atom. The van der Waals surface area contributed by atoms with Crippen molar-refractivity contribution in [3.8, 4) is 23.0 Å². The van der Waals surface area contributed by atoms with Gasteiger partial charge in [-0.25, -0.2) is 9.59 Å². The molecule has 4 aromatic rings. The molecule has 2 aliphatic rings. The van der Waals surface area contributed by atoms with Crippen molar-refractivity contribution in [3.63, 3.8) is 0 Å². The van der Waals surface area contributed by atoms with E-state index in [1.807, 2.05) is 48.5 Å². The average molecular weight is 670 g/mol. The van der Waals surface area contributed by atoms with Crippen LogP contribution in [0.1, 0.15) is 58.7 Å². The number of esters is 1. The van der Waals surface area contributed by atoms with Crippen LogP contribution in [0, 0.1) is 0 Å². The molecular weight excluding hydrogens is 628 g/mol. The molecule has 2 aliphatic heterocycles. The lowest BCUT2D eigenvalue weighted by Gasteiger charge is -2.14. The molecule has 49 heavy (non-hydrogen) atoms. The molecule has 0 saturated heterocycles. The first-order valence-electron chi connectivity index (χ1n) is 14.8. The highest BCUT2D eigenvalue weighted by molar-refractivity contribution is 5.89. The highest BCUT2D eigenvalue weighted by atomic mass is 16.7. The molecule has 10 nitrogen and oxygen atoms in total. The van der Waals surface area contributed by atoms with Gasteiger partial charge in [-0.2, -0.15) is 0 Å². The number of hydrogen-bond donors (Lipinski definition) is 1. The molecule has 1 unspecified atom stereocenters. The molecule has 0 fully saturated rings. The molecule has 10 heteroatoms. The van der Waals surface area contributed by atoms with Crippen LogP contribution >= 0.6 is 0 Å². The maximum absolute atomic E-state index is 12.1. The van der Waals surface area contributed by atoms with Gasteiger partial charge in [0.25, 0.3) is 0 Å². The van der Waals surface area contributed by atoms with Gasteiger partial charge in [0, 0.05) is 0 Å². The van der Waals surface area contributed by atoms with E-state index in [1.165, 1.54) is 6.26 Å². The Hall–Kier alpha value is -6.00. The highest BCUT2D eigenvalue weighted by Gasteiger charge is 2.16. The fourth-order valence-corrected chi connectivity index (χ4v) is 4.20. The molecule has 1 N–H and O–H groups in total. The first kappa shape index (κ1) is 37.5. The Bertz CT molecular complexity index is 1720. The van der Waals surface area contributed by atoms with Crippen molar-refractivity contribution in [2.75, 3.05) is 13.6 Å². The number of rotatable bonds is 11. The Labute approximate surface area is 287 Å². The van der Waals surface area contributed by atoms with E-state index in [4.69, 9.17) is 38.3 Å². The predicted molar refractivity (Wildman–Crippen MR) is 188 cm³/mol. The van der Waals surface area contributed by atoms with Gasteiger partial charge in [0.15, 0.2) is 23.0 Å². The zero-order chi connectivity index (χ0) is 34.3. The number of hydrogen-bond acceptors (Lipinski definition) is 9. The van der Waals surface area contributed by atoms with E-state index in [-0.39, 0.29) is 15.6 Å². The molecule has 2 heterocycles. The largest absolute Gasteiger partial charge is 1.00 e. The summed E-state index contributed by atoms with van der Waals surface area (Å²) in [4.78, 5) is 22.4. The SMILES string of the molecule is C.C=COCc1ccc2c(c1)OCO2.C=Cc1ccc(C(=O)O)cc1.C=Cc1ccc(C(=O)OC(C)OCc2ccc3c(c2)OCO3)cc1.[H+]. The van der Waals surface area contributed by atoms with Crippen LogP contribution in [0.5, 0.6) is 23.0 Å². The third-order valence-corrected chi connectivity index (χ3v) is 6.77. The highest BCUT2D eigenvalue weighted by Crippen LogP contribution is 2.33. The molecule has 0 aliphatic carbocycles. The minimum Gasteiger partial charge on any atom is -0.497 e. The molecule has 0 aromatic heterocycles.